The molecule has 87 heavy (non-hydrogen) atoms. The predicted molar refractivity (Wildman–Crippen MR) is 373 cm³/mol. The first-order chi connectivity index (χ1) is 42.4. The third-order valence-corrected chi connectivity index (χ3v) is 20.2. The zero-order valence-corrected chi connectivity index (χ0v) is 50.3. The van der Waals surface area contributed by atoms with Crippen LogP contribution in [0.2, 0.25) is 0 Å². The molecule has 0 unspecified atom stereocenters. The zero-order valence-electron chi connectivity index (χ0n) is 49.5. The Hall–Kier alpha value is -10.1. The van der Waals surface area contributed by atoms with Crippen LogP contribution in [0.3, 0.4) is 0 Å². The summed E-state index contributed by atoms with van der Waals surface area (Å²) in [6, 6.07) is 96.6. The maximum Gasteiger partial charge on any atom is 0.252 e. The van der Waals surface area contributed by atoms with E-state index in [9.17, 15) is 0 Å². The molecule has 0 aliphatic carbocycles. The maximum absolute atomic E-state index is 2.63. The van der Waals surface area contributed by atoms with Crippen molar-refractivity contribution in [3.8, 4) is 22.5 Å². The second-order valence-electron chi connectivity index (χ2n) is 26.1. The number of aromatic nitrogens is 2. The fraction of sp³-hybridized carbons (Fsp3) is 0.100. The van der Waals surface area contributed by atoms with E-state index in [0.717, 1.165) is 39.8 Å². The van der Waals surface area contributed by atoms with Gasteiger partial charge in [0.2, 0.25) is 0 Å². The highest BCUT2D eigenvalue weighted by Crippen LogP contribution is 2.54. The molecule has 15 aromatic rings. The number of anilines is 9. The molecule has 0 amide bonds. The Morgan fingerprint density at radius 2 is 0.943 bits per heavy atom. The summed E-state index contributed by atoms with van der Waals surface area (Å²) in [5.74, 6) is 0. The van der Waals surface area contributed by atoms with Gasteiger partial charge in [0, 0.05) is 81.5 Å². The summed E-state index contributed by atoms with van der Waals surface area (Å²) in [5, 5.41) is 7.68. The van der Waals surface area contributed by atoms with E-state index in [-0.39, 0.29) is 17.5 Å². The van der Waals surface area contributed by atoms with Gasteiger partial charge in [-0.15, -0.1) is 11.3 Å². The molecule has 3 aromatic heterocycles. The standard InChI is InChI=1S/C80H60BN5S/c1-79(2,3)50-36-42-66-61(44-50)62-45-51(80(4,5)6)37-43-67(62)84(66)55-40-41-63-70(46-55)83(54-38-34-49(35-39-54)57-26-18-33-74-75(57)60-25-14-16-32-73(60)87-74)71-47-56(82(52-20-9-7-10-21-52)53-22-11-8-12-23-53)48-72-76(71)81(63)64-28-19-31-69-78(64)86(72)68-30-17-27-59-58-24-13-15-29-65(58)85(69)77(59)68/h7-48H,1-6H3. The van der Waals surface area contributed by atoms with Crippen LogP contribution in [0.15, 0.2) is 255 Å². The number of hydrogen-bond donors (Lipinski definition) is 0. The molecule has 0 fully saturated rings. The second-order valence-corrected chi connectivity index (χ2v) is 27.2. The van der Waals surface area contributed by atoms with Crippen molar-refractivity contribution < 1.29 is 0 Å². The van der Waals surface area contributed by atoms with Crippen molar-refractivity contribution in [1.82, 2.24) is 9.13 Å². The zero-order chi connectivity index (χ0) is 58.2. The lowest BCUT2D eigenvalue weighted by atomic mass is 9.33. The molecular weight excluding hydrogens is 1070 g/mol. The molecule has 0 radical (unpaired) electrons. The van der Waals surface area contributed by atoms with Crippen molar-refractivity contribution in [2.45, 2.75) is 52.4 Å². The van der Waals surface area contributed by atoms with Crippen LogP contribution < -0.4 is 31.1 Å². The summed E-state index contributed by atoms with van der Waals surface area (Å²) < 4.78 is 7.69. The summed E-state index contributed by atoms with van der Waals surface area (Å²) in [4.78, 5) is 7.68. The average molecular weight is 1130 g/mol. The molecule has 18 rings (SSSR count). The Morgan fingerprint density at radius 3 is 1.64 bits per heavy atom. The first-order valence-corrected chi connectivity index (χ1v) is 31.3. The number of thiophene rings is 1. The molecule has 7 heteroatoms. The van der Waals surface area contributed by atoms with Crippen molar-refractivity contribution in [2.24, 2.45) is 0 Å². The molecule has 0 N–H and O–H groups in total. The van der Waals surface area contributed by atoms with Crippen LogP contribution in [-0.4, -0.2) is 15.8 Å². The second kappa shape index (κ2) is 18.2. The molecular formula is C80H60BN5S. The summed E-state index contributed by atoms with van der Waals surface area (Å²) >= 11 is 1.87. The Bertz CT molecular complexity index is 5280. The van der Waals surface area contributed by atoms with E-state index < -0.39 is 0 Å². The largest absolute Gasteiger partial charge is 0.311 e. The van der Waals surface area contributed by atoms with E-state index >= 15 is 0 Å². The van der Waals surface area contributed by atoms with Gasteiger partial charge in [-0.1, -0.05) is 181 Å². The van der Waals surface area contributed by atoms with E-state index in [1.54, 1.807) is 0 Å². The molecule has 5 nitrogen and oxygen atoms in total. The summed E-state index contributed by atoms with van der Waals surface area (Å²) in [7, 11) is 0. The number of rotatable bonds is 6. The fourth-order valence-electron chi connectivity index (χ4n) is 15.0. The minimum Gasteiger partial charge on any atom is -0.311 e. The molecule has 3 aliphatic rings. The SMILES string of the molecule is CC(C)(C)c1ccc2c(c1)c1cc(C(C)(C)C)ccc1n2-c1ccc2c(c1)N(c1ccc(-c3cccc4sc5ccccc5c34)cc1)c1cc(N(c3ccccc3)c3ccccc3)cc3c1B2c1cccc2c1N3c1cccc3c4ccccc4n-2c13. The van der Waals surface area contributed by atoms with E-state index in [1.165, 1.54) is 125 Å². The van der Waals surface area contributed by atoms with Crippen LogP contribution in [0.1, 0.15) is 52.7 Å². The predicted octanol–water partition coefficient (Wildman–Crippen LogP) is 20.4. The van der Waals surface area contributed by atoms with Gasteiger partial charge in [-0.2, -0.15) is 0 Å². The van der Waals surface area contributed by atoms with Crippen LogP contribution in [0, 0.1) is 0 Å². The number of fused-ring (bicyclic) bond motifs is 15. The highest BCUT2D eigenvalue weighted by Gasteiger charge is 2.47. The first-order valence-electron chi connectivity index (χ1n) is 30.5. The highest BCUT2D eigenvalue weighted by atomic mass is 32.1. The molecule has 0 saturated heterocycles. The van der Waals surface area contributed by atoms with Gasteiger partial charge < -0.3 is 23.8 Å². The van der Waals surface area contributed by atoms with Gasteiger partial charge in [0.1, 0.15) is 0 Å². The quantitative estimate of drug-likeness (QED) is 0.155. The topological polar surface area (TPSA) is 19.6 Å². The van der Waals surface area contributed by atoms with Crippen LogP contribution in [-0.2, 0) is 10.8 Å². The summed E-state index contributed by atoms with van der Waals surface area (Å²) in [6.07, 6.45) is 0. The van der Waals surface area contributed by atoms with Gasteiger partial charge in [-0.25, -0.2) is 0 Å². The van der Waals surface area contributed by atoms with E-state index in [4.69, 9.17) is 0 Å². The van der Waals surface area contributed by atoms with Gasteiger partial charge in [0.25, 0.3) is 6.71 Å². The normalized spacial score (nSPS) is 13.3. The van der Waals surface area contributed by atoms with Crippen molar-refractivity contribution in [3.05, 3.63) is 266 Å². The minimum atomic E-state index is -0.120. The third-order valence-electron chi connectivity index (χ3n) is 19.1. The van der Waals surface area contributed by atoms with Crippen molar-refractivity contribution in [2.75, 3.05) is 14.7 Å². The van der Waals surface area contributed by atoms with Crippen molar-refractivity contribution >= 4 is 149 Å². The lowest BCUT2D eigenvalue weighted by molar-refractivity contribution is 0.590. The average Bonchev–Trinajstić information content (AvgIpc) is 1.85. The van der Waals surface area contributed by atoms with Gasteiger partial charge in [-0.05, 0) is 165 Å². The molecule has 0 atom stereocenters. The number of nitrogens with zero attached hydrogens (tertiary/aromatic N) is 5. The molecule has 12 aromatic carbocycles. The van der Waals surface area contributed by atoms with Crippen LogP contribution in [0.4, 0.5) is 51.2 Å². The molecule has 414 valence electrons. The Kier molecular flexibility index (Phi) is 10.5. The molecule has 0 saturated carbocycles. The smallest absolute Gasteiger partial charge is 0.252 e. The lowest BCUT2D eigenvalue weighted by Crippen LogP contribution is -2.61. The maximum atomic E-state index is 2.63. The first kappa shape index (κ1) is 50.3. The van der Waals surface area contributed by atoms with Gasteiger partial charge in [0.15, 0.2) is 0 Å². The Balaban J connectivity index is 0.950. The fourth-order valence-corrected chi connectivity index (χ4v) is 16.2. The van der Waals surface area contributed by atoms with Crippen LogP contribution >= 0.6 is 11.3 Å². The highest BCUT2D eigenvalue weighted by molar-refractivity contribution is 7.26. The molecule has 0 bridgehead atoms. The van der Waals surface area contributed by atoms with Crippen molar-refractivity contribution in [1.29, 1.82) is 0 Å². The van der Waals surface area contributed by atoms with Gasteiger partial charge in [0.05, 0.1) is 44.8 Å². The molecule has 6 heterocycles. The van der Waals surface area contributed by atoms with E-state index in [2.05, 4.69) is 320 Å². The van der Waals surface area contributed by atoms with Gasteiger partial charge >= 0.3 is 0 Å². The monoisotopic (exact) mass is 1130 g/mol. The lowest BCUT2D eigenvalue weighted by Gasteiger charge is -2.46. The number of hydrogen-bond acceptors (Lipinski definition) is 4. The van der Waals surface area contributed by atoms with Crippen LogP contribution in [0.25, 0.3) is 86.3 Å². The summed E-state index contributed by atoms with van der Waals surface area (Å²) in [5.41, 5.74) is 26.3. The van der Waals surface area contributed by atoms with Crippen LogP contribution in [0.5, 0.6) is 0 Å². The number of para-hydroxylation sites is 5. The minimum absolute atomic E-state index is 0.0213. The van der Waals surface area contributed by atoms with E-state index in [1.807, 2.05) is 11.3 Å². The Morgan fingerprint density at radius 1 is 0.368 bits per heavy atom. The van der Waals surface area contributed by atoms with Gasteiger partial charge in [-0.3, -0.25) is 0 Å². The third kappa shape index (κ3) is 7.27. The Labute approximate surface area is 510 Å². The number of benzene rings is 12. The molecule has 3 aliphatic heterocycles. The van der Waals surface area contributed by atoms with Crippen molar-refractivity contribution in [3.63, 3.8) is 0 Å². The van der Waals surface area contributed by atoms with E-state index in [0.29, 0.717) is 0 Å². The molecule has 0 spiro atoms. The summed E-state index contributed by atoms with van der Waals surface area (Å²) in [6.45, 7) is 13.8.